The van der Waals surface area contributed by atoms with Crippen LogP contribution in [0.5, 0.6) is 0 Å². The van der Waals surface area contributed by atoms with E-state index in [1.165, 1.54) is 0 Å². The Morgan fingerprint density at radius 3 is 2.65 bits per heavy atom. The first-order chi connectivity index (χ1) is 15.0. The lowest BCUT2D eigenvalue weighted by Crippen LogP contribution is -2.44. The van der Waals surface area contributed by atoms with Gasteiger partial charge in [-0.15, -0.1) is 0 Å². The van der Waals surface area contributed by atoms with Crippen molar-refractivity contribution in [3.05, 3.63) is 52.8 Å². The molecule has 1 aliphatic heterocycles. The molecule has 1 aromatic carbocycles. The Bertz CT molecular complexity index is 999. The summed E-state index contributed by atoms with van der Waals surface area (Å²) in [6, 6.07) is 14.7. The van der Waals surface area contributed by atoms with Gasteiger partial charge in [-0.1, -0.05) is 18.2 Å². The van der Waals surface area contributed by atoms with E-state index in [0.29, 0.717) is 12.8 Å². The number of nitrogens with two attached hydrogens (primary N) is 1. The van der Waals surface area contributed by atoms with Crippen molar-refractivity contribution in [2.24, 2.45) is 5.73 Å². The number of fused-ring (bicyclic) bond motifs is 1. The molecule has 0 amide bonds. The maximum atomic E-state index is 6.20. The minimum atomic E-state index is -0.131. The molecule has 1 fully saturated rings. The Morgan fingerprint density at radius 2 is 1.90 bits per heavy atom. The predicted octanol–water partition coefficient (Wildman–Crippen LogP) is 4.15. The SMILES string of the molecule is CC(N)CN1CCC(Nc2nc3ccccc3n2COC(C)c2cccc(Br)n2)CC1. The van der Waals surface area contributed by atoms with E-state index < -0.39 is 0 Å². The van der Waals surface area contributed by atoms with Gasteiger partial charge in [0.1, 0.15) is 11.3 Å². The summed E-state index contributed by atoms with van der Waals surface area (Å²) in [4.78, 5) is 11.8. The third-order valence-electron chi connectivity index (χ3n) is 5.73. The highest BCUT2D eigenvalue weighted by atomic mass is 79.9. The Balaban J connectivity index is 1.46. The van der Waals surface area contributed by atoms with Gasteiger partial charge in [0.2, 0.25) is 5.95 Å². The molecule has 3 aromatic rings. The molecule has 2 unspecified atom stereocenters. The minimum absolute atomic E-state index is 0.131. The maximum absolute atomic E-state index is 6.20. The molecule has 3 N–H and O–H groups in total. The highest BCUT2D eigenvalue weighted by Crippen LogP contribution is 2.25. The van der Waals surface area contributed by atoms with E-state index in [2.05, 4.69) is 48.7 Å². The number of anilines is 1. The molecule has 0 bridgehead atoms. The number of imidazole rings is 1. The number of nitrogens with one attached hydrogen (secondary N) is 1. The summed E-state index contributed by atoms with van der Waals surface area (Å²) in [5, 5.41) is 3.68. The van der Waals surface area contributed by atoms with E-state index in [-0.39, 0.29) is 12.1 Å². The number of ether oxygens (including phenoxy) is 1. The lowest BCUT2D eigenvalue weighted by molar-refractivity contribution is 0.0171. The Hall–Kier alpha value is -2.00. The smallest absolute Gasteiger partial charge is 0.206 e. The first-order valence-electron chi connectivity index (χ1n) is 10.9. The van der Waals surface area contributed by atoms with Gasteiger partial charge in [0, 0.05) is 31.7 Å². The van der Waals surface area contributed by atoms with E-state index >= 15 is 0 Å². The maximum Gasteiger partial charge on any atom is 0.206 e. The van der Waals surface area contributed by atoms with Crippen molar-refractivity contribution in [1.82, 2.24) is 19.4 Å². The molecular weight excluding hydrogens is 456 g/mol. The molecule has 1 aliphatic rings. The van der Waals surface area contributed by atoms with Crippen molar-refractivity contribution in [1.29, 1.82) is 0 Å². The zero-order valence-electron chi connectivity index (χ0n) is 18.2. The number of aromatic nitrogens is 3. The summed E-state index contributed by atoms with van der Waals surface area (Å²) in [6.45, 7) is 7.57. The Labute approximate surface area is 192 Å². The second-order valence-electron chi connectivity index (χ2n) is 8.37. The Kier molecular flexibility index (Phi) is 7.22. The molecule has 0 radical (unpaired) electrons. The second kappa shape index (κ2) is 10.1. The van der Waals surface area contributed by atoms with Crippen LogP contribution >= 0.6 is 15.9 Å². The summed E-state index contributed by atoms with van der Waals surface area (Å²) in [7, 11) is 0. The number of rotatable bonds is 8. The highest BCUT2D eigenvalue weighted by molar-refractivity contribution is 9.10. The number of para-hydroxylation sites is 2. The fourth-order valence-electron chi connectivity index (χ4n) is 4.09. The van der Waals surface area contributed by atoms with E-state index in [9.17, 15) is 0 Å². The largest absolute Gasteiger partial charge is 0.353 e. The average Bonchev–Trinajstić information content (AvgIpc) is 3.10. The summed E-state index contributed by atoms with van der Waals surface area (Å²) < 4.78 is 9.14. The van der Waals surface area contributed by atoms with Gasteiger partial charge in [-0.25, -0.2) is 9.97 Å². The van der Waals surface area contributed by atoms with E-state index in [1.54, 1.807) is 0 Å². The average molecular weight is 487 g/mol. The summed E-state index contributed by atoms with van der Waals surface area (Å²) in [5.41, 5.74) is 8.89. The molecule has 7 nitrogen and oxygen atoms in total. The number of hydrogen-bond acceptors (Lipinski definition) is 6. The standard InChI is InChI=1S/C23H31BrN6O/c1-16(25)14-29-12-10-18(11-13-29)26-23-28-20-6-3-4-8-21(20)30(23)15-31-17(2)19-7-5-9-22(24)27-19/h3-9,16-18H,10-15,25H2,1-2H3,(H,26,28). The molecule has 4 rings (SSSR count). The first kappa shape index (κ1) is 22.2. The monoisotopic (exact) mass is 486 g/mol. The van der Waals surface area contributed by atoms with Crippen molar-refractivity contribution in [3.63, 3.8) is 0 Å². The van der Waals surface area contributed by atoms with Crippen LogP contribution in [0.15, 0.2) is 47.1 Å². The van der Waals surface area contributed by atoms with Gasteiger partial charge < -0.3 is 20.7 Å². The predicted molar refractivity (Wildman–Crippen MR) is 128 cm³/mol. The van der Waals surface area contributed by atoms with Crippen molar-refractivity contribution in [2.45, 2.75) is 51.6 Å². The summed E-state index contributed by atoms with van der Waals surface area (Å²) in [5.74, 6) is 0.862. The van der Waals surface area contributed by atoms with Gasteiger partial charge >= 0.3 is 0 Å². The molecular formula is C23H31BrN6O. The van der Waals surface area contributed by atoms with Crippen molar-refractivity contribution in [2.75, 3.05) is 25.0 Å². The minimum Gasteiger partial charge on any atom is -0.353 e. The van der Waals surface area contributed by atoms with Crippen LogP contribution < -0.4 is 11.1 Å². The molecule has 2 atom stereocenters. The van der Waals surface area contributed by atoms with E-state index in [4.69, 9.17) is 15.5 Å². The zero-order valence-corrected chi connectivity index (χ0v) is 19.8. The number of piperidine rings is 1. The third kappa shape index (κ3) is 5.63. The van der Waals surface area contributed by atoms with E-state index in [1.807, 2.05) is 43.3 Å². The van der Waals surface area contributed by atoms with Gasteiger partial charge in [0.25, 0.3) is 0 Å². The molecule has 2 aromatic heterocycles. The van der Waals surface area contributed by atoms with Crippen LogP contribution in [0.25, 0.3) is 11.0 Å². The fraction of sp³-hybridized carbons (Fsp3) is 0.478. The van der Waals surface area contributed by atoms with Crippen LogP contribution in [0.2, 0.25) is 0 Å². The molecule has 0 aliphatic carbocycles. The highest BCUT2D eigenvalue weighted by Gasteiger charge is 2.22. The number of benzene rings is 1. The quantitative estimate of drug-likeness (QED) is 0.465. The van der Waals surface area contributed by atoms with Crippen LogP contribution in [0.1, 0.15) is 38.5 Å². The number of likely N-dealkylation sites (tertiary alicyclic amines) is 1. The zero-order chi connectivity index (χ0) is 21.8. The molecule has 31 heavy (non-hydrogen) atoms. The van der Waals surface area contributed by atoms with E-state index in [0.717, 1.165) is 59.8 Å². The molecule has 8 heteroatoms. The molecule has 166 valence electrons. The fourth-order valence-corrected chi connectivity index (χ4v) is 4.45. The number of pyridine rings is 1. The van der Waals surface area contributed by atoms with Gasteiger partial charge in [-0.05, 0) is 66.9 Å². The molecule has 3 heterocycles. The van der Waals surface area contributed by atoms with Crippen LogP contribution in [0.3, 0.4) is 0 Å². The van der Waals surface area contributed by atoms with Crippen molar-refractivity contribution < 1.29 is 4.74 Å². The van der Waals surface area contributed by atoms with Crippen molar-refractivity contribution in [3.8, 4) is 0 Å². The first-order valence-corrected chi connectivity index (χ1v) is 11.7. The molecule has 0 spiro atoms. The summed E-state index contributed by atoms with van der Waals surface area (Å²) >= 11 is 3.43. The van der Waals surface area contributed by atoms with Crippen LogP contribution in [-0.2, 0) is 11.5 Å². The van der Waals surface area contributed by atoms with Crippen molar-refractivity contribution >= 4 is 32.9 Å². The second-order valence-corrected chi connectivity index (χ2v) is 9.18. The van der Waals surface area contributed by atoms with Gasteiger partial charge in [0.15, 0.2) is 0 Å². The van der Waals surface area contributed by atoms with Gasteiger partial charge in [-0.2, -0.15) is 0 Å². The number of hydrogen-bond donors (Lipinski definition) is 2. The number of nitrogens with zero attached hydrogens (tertiary/aromatic N) is 4. The Morgan fingerprint density at radius 1 is 1.13 bits per heavy atom. The molecule has 1 saturated heterocycles. The molecule has 0 saturated carbocycles. The van der Waals surface area contributed by atoms with Crippen LogP contribution in [0.4, 0.5) is 5.95 Å². The number of halogens is 1. The van der Waals surface area contributed by atoms with Gasteiger partial charge in [0.05, 0.1) is 22.8 Å². The topological polar surface area (TPSA) is 81.2 Å². The van der Waals surface area contributed by atoms with Gasteiger partial charge in [-0.3, -0.25) is 4.57 Å². The van der Waals surface area contributed by atoms with Crippen LogP contribution in [-0.4, -0.2) is 51.2 Å². The van der Waals surface area contributed by atoms with Crippen LogP contribution in [0, 0.1) is 0 Å². The summed E-state index contributed by atoms with van der Waals surface area (Å²) in [6.07, 6.45) is 2.03. The third-order valence-corrected chi connectivity index (χ3v) is 6.17. The normalized spacial score (nSPS) is 17.7. The lowest BCUT2D eigenvalue weighted by Gasteiger charge is -2.33. The lowest BCUT2D eigenvalue weighted by atomic mass is 10.0.